The van der Waals surface area contributed by atoms with Crippen LogP contribution in [0.2, 0.25) is 0 Å². The normalized spacial score (nSPS) is 24.3. The smallest absolute Gasteiger partial charge is 0.265 e. The fourth-order valence-corrected chi connectivity index (χ4v) is 1.78. The van der Waals surface area contributed by atoms with Crippen LogP contribution < -0.4 is 11.3 Å². The zero-order chi connectivity index (χ0) is 12.1. The number of carbonyl (C=O) groups is 1. The van der Waals surface area contributed by atoms with Crippen LogP contribution in [0.3, 0.4) is 0 Å². The van der Waals surface area contributed by atoms with E-state index in [2.05, 4.69) is 5.43 Å². The summed E-state index contributed by atoms with van der Waals surface area (Å²) in [7, 11) is 0. The summed E-state index contributed by atoms with van der Waals surface area (Å²) < 4.78 is 11.0. The molecule has 0 aromatic heterocycles. The molecule has 2 unspecified atom stereocenters. The summed E-state index contributed by atoms with van der Waals surface area (Å²) in [6, 6.07) is 10.0. The quantitative estimate of drug-likeness (QED) is 0.440. The van der Waals surface area contributed by atoms with Gasteiger partial charge in [-0.15, -0.1) is 0 Å². The Kier molecular flexibility index (Phi) is 4.08. The summed E-state index contributed by atoms with van der Waals surface area (Å²) in [6.07, 6.45) is 0.198. The minimum Gasteiger partial charge on any atom is -0.372 e. The van der Waals surface area contributed by atoms with Crippen molar-refractivity contribution in [2.24, 2.45) is 5.84 Å². The summed E-state index contributed by atoms with van der Waals surface area (Å²) >= 11 is 0. The van der Waals surface area contributed by atoms with Crippen molar-refractivity contribution in [2.45, 2.75) is 18.6 Å². The van der Waals surface area contributed by atoms with Crippen LogP contribution in [-0.2, 0) is 20.7 Å². The molecule has 0 spiro atoms. The third-order valence-corrected chi connectivity index (χ3v) is 2.71. The number of hydrazine groups is 1. The molecule has 0 aliphatic carbocycles. The third kappa shape index (κ3) is 3.26. The van der Waals surface area contributed by atoms with E-state index in [4.69, 9.17) is 15.3 Å². The molecule has 1 fully saturated rings. The number of hydrogen-bond acceptors (Lipinski definition) is 4. The van der Waals surface area contributed by atoms with Gasteiger partial charge in [-0.3, -0.25) is 10.2 Å². The summed E-state index contributed by atoms with van der Waals surface area (Å²) in [5.74, 6) is 4.68. The predicted molar refractivity (Wildman–Crippen MR) is 62.0 cm³/mol. The zero-order valence-electron chi connectivity index (χ0n) is 9.46. The molecular formula is C12H16N2O3. The van der Waals surface area contributed by atoms with E-state index >= 15 is 0 Å². The Bertz CT molecular complexity index is 361. The second-order valence-electron chi connectivity index (χ2n) is 3.98. The number of nitrogens with two attached hydrogens (primary N) is 1. The highest BCUT2D eigenvalue weighted by molar-refractivity contribution is 5.80. The van der Waals surface area contributed by atoms with Gasteiger partial charge in [-0.1, -0.05) is 30.3 Å². The SMILES string of the molecule is NNC(=O)C1COC(Cc2ccccc2)CO1. The molecular weight excluding hydrogens is 220 g/mol. The number of rotatable bonds is 3. The van der Waals surface area contributed by atoms with Crippen LogP contribution in [0.15, 0.2) is 30.3 Å². The monoisotopic (exact) mass is 236 g/mol. The van der Waals surface area contributed by atoms with Gasteiger partial charge in [0, 0.05) is 6.42 Å². The molecule has 1 aliphatic rings. The molecule has 0 bridgehead atoms. The highest BCUT2D eigenvalue weighted by Gasteiger charge is 2.27. The second kappa shape index (κ2) is 5.77. The minimum atomic E-state index is -0.591. The molecule has 5 heteroatoms. The molecule has 0 radical (unpaired) electrons. The van der Waals surface area contributed by atoms with Crippen LogP contribution in [0.5, 0.6) is 0 Å². The first kappa shape index (κ1) is 12.0. The van der Waals surface area contributed by atoms with E-state index < -0.39 is 6.10 Å². The number of ether oxygens (including phenoxy) is 2. The van der Waals surface area contributed by atoms with Crippen LogP contribution in [0.1, 0.15) is 5.56 Å². The fourth-order valence-electron chi connectivity index (χ4n) is 1.78. The van der Waals surface area contributed by atoms with Gasteiger partial charge in [-0.05, 0) is 5.56 Å². The summed E-state index contributed by atoms with van der Waals surface area (Å²) in [6.45, 7) is 0.660. The van der Waals surface area contributed by atoms with E-state index in [0.29, 0.717) is 6.61 Å². The lowest BCUT2D eigenvalue weighted by molar-refractivity contribution is -0.160. The van der Waals surface area contributed by atoms with Crippen molar-refractivity contribution in [3.63, 3.8) is 0 Å². The first-order valence-corrected chi connectivity index (χ1v) is 5.57. The van der Waals surface area contributed by atoms with Crippen molar-refractivity contribution in [3.8, 4) is 0 Å². The van der Waals surface area contributed by atoms with E-state index in [1.54, 1.807) is 0 Å². The molecule has 1 aromatic carbocycles. The Morgan fingerprint density at radius 2 is 2.06 bits per heavy atom. The highest BCUT2D eigenvalue weighted by Crippen LogP contribution is 2.12. The van der Waals surface area contributed by atoms with Crippen LogP contribution in [0.25, 0.3) is 0 Å². The van der Waals surface area contributed by atoms with Gasteiger partial charge in [0.05, 0.1) is 19.3 Å². The molecule has 0 saturated carbocycles. The molecule has 17 heavy (non-hydrogen) atoms. The Hall–Kier alpha value is -1.43. The lowest BCUT2D eigenvalue weighted by Crippen LogP contribution is -2.48. The van der Waals surface area contributed by atoms with E-state index in [1.807, 2.05) is 30.3 Å². The number of carbonyl (C=O) groups excluding carboxylic acids is 1. The fraction of sp³-hybridized carbons (Fsp3) is 0.417. The molecule has 1 saturated heterocycles. The average Bonchev–Trinajstić information content (AvgIpc) is 2.40. The number of benzene rings is 1. The second-order valence-corrected chi connectivity index (χ2v) is 3.98. The van der Waals surface area contributed by atoms with Crippen molar-refractivity contribution < 1.29 is 14.3 Å². The molecule has 2 rings (SSSR count). The number of nitrogens with one attached hydrogen (secondary N) is 1. The number of hydrogen-bond donors (Lipinski definition) is 2. The lowest BCUT2D eigenvalue weighted by atomic mass is 10.1. The highest BCUT2D eigenvalue weighted by atomic mass is 16.6. The molecule has 1 heterocycles. The molecule has 1 aromatic rings. The largest absolute Gasteiger partial charge is 0.372 e. The molecule has 1 amide bonds. The van der Waals surface area contributed by atoms with Crippen molar-refractivity contribution in [1.82, 2.24) is 5.43 Å². The molecule has 3 N–H and O–H groups in total. The maximum absolute atomic E-state index is 11.2. The van der Waals surface area contributed by atoms with Crippen molar-refractivity contribution in [1.29, 1.82) is 0 Å². The average molecular weight is 236 g/mol. The van der Waals surface area contributed by atoms with Gasteiger partial charge < -0.3 is 9.47 Å². The predicted octanol–water partition coefficient (Wildman–Crippen LogP) is 0.00300. The summed E-state index contributed by atoms with van der Waals surface area (Å²) in [4.78, 5) is 11.2. The minimum absolute atomic E-state index is 0.000718. The van der Waals surface area contributed by atoms with Gasteiger partial charge >= 0.3 is 0 Å². The molecule has 1 aliphatic heterocycles. The molecule has 5 nitrogen and oxygen atoms in total. The van der Waals surface area contributed by atoms with Gasteiger partial charge in [0.2, 0.25) is 0 Å². The van der Waals surface area contributed by atoms with E-state index in [0.717, 1.165) is 6.42 Å². The lowest BCUT2D eigenvalue weighted by Gasteiger charge is -2.28. The van der Waals surface area contributed by atoms with Gasteiger partial charge in [-0.25, -0.2) is 5.84 Å². The number of amides is 1. The first-order valence-electron chi connectivity index (χ1n) is 5.57. The van der Waals surface area contributed by atoms with Crippen LogP contribution >= 0.6 is 0 Å². The van der Waals surface area contributed by atoms with Crippen LogP contribution in [0, 0.1) is 0 Å². The van der Waals surface area contributed by atoms with E-state index in [9.17, 15) is 4.79 Å². The van der Waals surface area contributed by atoms with E-state index in [-0.39, 0.29) is 18.6 Å². The molecule has 92 valence electrons. The van der Waals surface area contributed by atoms with E-state index in [1.165, 1.54) is 5.56 Å². The van der Waals surface area contributed by atoms with Gasteiger partial charge in [-0.2, -0.15) is 0 Å². The Balaban J connectivity index is 1.82. The Morgan fingerprint density at radius 3 is 2.65 bits per heavy atom. The maximum atomic E-state index is 11.2. The van der Waals surface area contributed by atoms with Crippen LogP contribution in [0.4, 0.5) is 0 Å². The van der Waals surface area contributed by atoms with Crippen molar-refractivity contribution in [3.05, 3.63) is 35.9 Å². The molecule has 2 atom stereocenters. The summed E-state index contributed by atoms with van der Waals surface area (Å²) in [5.41, 5.74) is 3.25. The Morgan fingerprint density at radius 1 is 1.29 bits per heavy atom. The van der Waals surface area contributed by atoms with Gasteiger partial charge in [0.15, 0.2) is 6.10 Å². The first-order chi connectivity index (χ1) is 8.29. The van der Waals surface area contributed by atoms with Crippen molar-refractivity contribution >= 4 is 5.91 Å². The standard InChI is InChI=1S/C12H16N2O3/c13-14-12(15)11-8-16-10(7-17-11)6-9-4-2-1-3-5-9/h1-5,10-11H,6-8,13H2,(H,14,15). The zero-order valence-corrected chi connectivity index (χ0v) is 9.46. The van der Waals surface area contributed by atoms with Gasteiger partial charge in [0.25, 0.3) is 5.91 Å². The summed E-state index contributed by atoms with van der Waals surface area (Å²) in [5, 5.41) is 0. The Labute approximate surface area is 99.9 Å². The van der Waals surface area contributed by atoms with Crippen LogP contribution in [-0.4, -0.2) is 31.3 Å². The topological polar surface area (TPSA) is 73.6 Å². The van der Waals surface area contributed by atoms with Gasteiger partial charge in [0.1, 0.15) is 0 Å². The maximum Gasteiger partial charge on any atom is 0.265 e. The third-order valence-electron chi connectivity index (χ3n) is 2.71. The van der Waals surface area contributed by atoms with Crippen molar-refractivity contribution in [2.75, 3.05) is 13.2 Å².